The molecule has 0 aliphatic carbocycles. The monoisotopic (exact) mass is 289 g/mol. The van der Waals surface area contributed by atoms with Gasteiger partial charge in [0.25, 0.3) is 0 Å². The maximum atomic E-state index is 13.1. The molecule has 0 saturated heterocycles. The Balaban J connectivity index is 2.02. The van der Waals surface area contributed by atoms with Gasteiger partial charge in [-0.05, 0) is 30.3 Å². The van der Waals surface area contributed by atoms with Gasteiger partial charge in [0.05, 0.1) is 6.20 Å². The first-order chi connectivity index (χ1) is 9.54. The Kier molecular flexibility index (Phi) is 4.76. The van der Waals surface area contributed by atoms with E-state index >= 15 is 0 Å². The summed E-state index contributed by atoms with van der Waals surface area (Å²) in [5.41, 5.74) is 8.44. The first kappa shape index (κ1) is 14.6. The Hall–Kier alpha value is -1.85. The van der Waals surface area contributed by atoms with Crippen molar-refractivity contribution in [3.8, 4) is 0 Å². The highest BCUT2D eigenvalue weighted by Crippen LogP contribution is 2.10. The van der Waals surface area contributed by atoms with Gasteiger partial charge in [-0.25, -0.2) is 4.39 Å². The van der Waals surface area contributed by atoms with Gasteiger partial charge in [-0.1, -0.05) is 30.4 Å². The Morgan fingerprint density at radius 1 is 1.25 bits per heavy atom. The van der Waals surface area contributed by atoms with Crippen molar-refractivity contribution in [2.75, 3.05) is 7.05 Å². The van der Waals surface area contributed by atoms with Crippen molar-refractivity contribution in [2.45, 2.75) is 13.1 Å². The van der Waals surface area contributed by atoms with Crippen LogP contribution in [0.1, 0.15) is 16.7 Å². The van der Waals surface area contributed by atoms with Crippen LogP contribution in [0, 0.1) is 5.82 Å². The molecule has 0 fully saturated rings. The molecule has 5 heteroatoms. The molecule has 0 unspecified atom stereocenters. The number of pyridine rings is 1. The van der Waals surface area contributed by atoms with Crippen LogP contribution >= 0.6 is 12.2 Å². The van der Waals surface area contributed by atoms with Gasteiger partial charge < -0.3 is 5.73 Å². The van der Waals surface area contributed by atoms with Crippen molar-refractivity contribution in [1.82, 2.24) is 9.88 Å². The Bertz CT molecular complexity index is 616. The molecule has 0 bridgehead atoms. The van der Waals surface area contributed by atoms with Crippen LogP contribution in [0.2, 0.25) is 0 Å². The second-order valence-electron chi connectivity index (χ2n) is 4.75. The third-order valence-electron chi connectivity index (χ3n) is 2.88. The molecule has 0 radical (unpaired) electrons. The van der Waals surface area contributed by atoms with Crippen LogP contribution < -0.4 is 5.73 Å². The molecule has 3 nitrogen and oxygen atoms in total. The van der Waals surface area contributed by atoms with Crippen LogP contribution in [0.4, 0.5) is 4.39 Å². The zero-order valence-corrected chi connectivity index (χ0v) is 12.0. The summed E-state index contributed by atoms with van der Waals surface area (Å²) in [4.78, 5) is 6.32. The van der Waals surface area contributed by atoms with Gasteiger partial charge in [-0.2, -0.15) is 0 Å². The van der Waals surface area contributed by atoms with E-state index in [0.717, 1.165) is 23.2 Å². The highest BCUT2D eigenvalue weighted by Gasteiger charge is 2.05. The van der Waals surface area contributed by atoms with E-state index in [9.17, 15) is 4.39 Å². The molecular formula is C15H16FN3S. The van der Waals surface area contributed by atoms with Gasteiger partial charge in [-0.3, -0.25) is 9.88 Å². The van der Waals surface area contributed by atoms with Crippen LogP contribution in [-0.2, 0) is 13.1 Å². The SMILES string of the molecule is CN(Cc1cncc(F)c1)Cc1cccc(C(N)=S)c1. The molecular weight excluding hydrogens is 273 g/mol. The Labute approximate surface area is 123 Å². The van der Waals surface area contributed by atoms with Crippen molar-refractivity contribution < 1.29 is 4.39 Å². The highest BCUT2D eigenvalue weighted by molar-refractivity contribution is 7.80. The lowest BCUT2D eigenvalue weighted by molar-refractivity contribution is 0.318. The minimum atomic E-state index is -0.314. The molecule has 1 aromatic heterocycles. The third-order valence-corrected chi connectivity index (χ3v) is 3.11. The second kappa shape index (κ2) is 6.54. The van der Waals surface area contributed by atoms with Crippen molar-refractivity contribution in [3.05, 3.63) is 65.2 Å². The molecule has 1 aromatic carbocycles. The molecule has 0 atom stereocenters. The van der Waals surface area contributed by atoms with Crippen LogP contribution in [0.15, 0.2) is 42.7 Å². The largest absolute Gasteiger partial charge is 0.389 e. The third kappa shape index (κ3) is 4.08. The first-order valence-corrected chi connectivity index (χ1v) is 6.62. The Morgan fingerprint density at radius 3 is 2.70 bits per heavy atom. The van der Waals surface area contributed by atoms with Gasteiger partial charge in [0.15, 0.2) is 0 Å². The van der Waals surface area contributed by atoms with E-state index in [1.165, 1.54) is 12.3 Å². The van der Waals surface area contributed by atoms with E-state index in [2.05, 4.69) is 9.88 Å². The standard InChI is InChI=1S/C15H16FN3S/c1-19(10-12-6-14(16)8-18-7-12)9-11-3-2-4-13(5-11)15(17)20/h2-8H,9-10H2,1H3,(H2,17,20). The van der Waals surface area contributed by atoms with Gasteiger partial charge in [-0.15, -0.1) is 0 Å². The number of thiocarbonyl (C=S) groups is 1. The van der Waals surface area contributed by atoms with E-state index in [1.807, 2.05) is 31.3 Å². The molecule has 2 rings (SSSR count). The van der Waals surface area contributed by atoms with Crippen LogP contribution in [0.5, 0.6) is 0 Å². The predicted molar refractivity (Wildman–Crippen MR) is 81.7 cm³/mol. The number of benzene rings is 1. The average molecular weight is 289 g/mol. The maximum absolute atomic E-state index is 13.1. The fraction of sp³-hybridized carbons (Fsp3) is 0.200. The predicted octanol–water partition coefficient (Wildman–Crippen LogP) is 2.49. The number of aromatic nitrogens is 1. The van der Waals surface area contributed by atoms with Crippen molar-refractivity contribution >= 4 is 17.2 Å². The average Bonchev–Trinajstić information content (AvgIpc) is 2.38. The molecule has 20 heavy (non-hydrogen) atoms. The molecule has 2 aromatic rings. The second-order valence-corrected chi connectivity index (χ2v) is 5.19. The summed E-state index contributed by atoms with van der Waals surface area (Å²) >= 11 is 4.97. The zero-order valence-electron chi connectivity index (χ0n) is 11.2. The van der Waals surface area contributed by atoms with Gasteiger partial charge >= 0.3 is 0 Å². The number of hydrogen-bond acceptors (Lipinski definition) is 3. The smallest absolute Gasteiger partial charge is 0.141 e. The zero-order chi connectivity index (χ0) is 14.5. The molecule has 0 aliphatic heterocycles. The minimum Gasteiger partial charge on any atom is -0.389 e. The molecule has 0 saturated carbocycles. The summed E-state index contributed by atoms with van der Waals surface area (Å²) in [5, 5.41) is 0. The molecule has 0 spiro atoms. The maximum Gasteiger partial charge on any atom is 0.141 e. The molecule has 0 aliphatic rings. The molecule has 0 amide bonds. The minimum absolute atomic E-state index is 0.314. The number of nitrogens with two attached hydrogens (primary N) is 1. The lowest BCUT2D eigenvalue weighted by Crippen LogP contribution is -2.18. The number of hydrogen-bond donors (Lipinski definition) is 1. The number of nitrogens with zero attached hydrogens (tertiary/aromatic N) is 2. The lowest BCUT2D eigenvalue weighted by atomic mass is 10.1. The van der Waals surface area contributed by atoms with Gasteiger partial charge in [0.1, 0.15) is 10.8 Å². The topological polar surface area (TPSA) is 42.2 Å². The fourth-order valence-corrected chi connectivity index (χ4v) is 2.17. The van der Waals surface area contributed by atoms with E-state index in [4.69, 9.17) is 18.0 Å². The molecule has 1 heterocycles. The lowest BCUT2D eigenvalue weighted by Gasteiger charge is -2.17. The van der Waals surface area contributed by atoms with E-state index < -0.39 is 0 Å². The van der Waals surface area contributed by atoms with Gasteiger partial charge in [0, 0.05) is 24.8 Å². The van der Waals surface area contributed by atoms with Crippen molar-refractivity contribution in [2.24, 2.45) is 5.73 Å². The fourth-order valence-electron chi connectivity index (χ4n) is 2.04. The number of rotatable bonds is 5. The quantitative estimate of drug-likeness (QED) is 0.859. The van der Waals surface area contributed by atoms with Crippen LogP contribution in [0.25, 0.3) is 0 Å². The van der Waals surface area contributed by atoms with E-state index in [-0.39, 0.29) is 5.82 Å². The van der Waals surface area contributed by atoms with E-state index in [1.54, 1.807) is 6.20 Å². The van der Waals surface area contributed by atoms with Crippen LogP contribution in [0.3, 0.4) is 0 Å². The van der Waals surface area contributed by atoms with E-state index in [0.29, 0.717) is 11.5 Å². The van der Waals surface area contributed by atoms with Crippen molar-refractivity contribution in [3.63, 3.8) is 0 Å². The highest BCUT2D eigenvalue weighted by atomic mass is 32.1. The normalized spacial score (nSPS) is 10.8. The van der Waals surface area contributed by atoms with Crippen LogP contribution in [-0.4, -0.2) is 21.9 Å². The Morgan fingerprint density at radius 2 is 2.00 bits per heavy atom. The molecule has 104 valence electrons. The van der Waals surface area contributed by atoms with Gasteiger partial charge in [0.2, 0.25) is 0 Å². The summed E-state index contributed by atoms with van der Waals surface area (Å²) in [7, 11) is 1.97. The summed E-state index contributed by atoms with van der Waals surface area (Å²) in [6, 6.07) is 9.31. The van der Waals surface area contributed by atoms with Crippen molar-refractivity contribution in [1.29, 1.82) is 0 Å². The first-order valence-electron chi connectivity index (χ1n) is 6.21. The molecule has 2 N–H and O–H groups in total. The summed E-state index contributed by atoms with van der Waals surface area (Å²) < 4.78 is 13.1. The summed E-state index contributed by atoms with van der Waals surface area (Å²) in [5.74, 6) is -0.314. The number of halogens is 1. The summed E-state index contributed by atoms with van der Waals surface area (Å²) in [6.07, 6.45) is 2.88. The summed E-state index contributed by atoms with van der Waals surface area (Å²) in [6.45, 7) is 1.36.